The largest absolute Gasteiger partial charge is 0.497 e. The summed E-state index contributed by atoms with van der Waals surface area (Å²) >= 11 is 0. The molecule has 2 unspecified atom stereocenters. The summed E-state index contributed by atoms with van der Waals surface area (Å²) in [6.45, 7) is 0. The molecule has 1 aliphatic carbocycles. The van der Waals surface area contributed by atoms with Gasteiger partial charge in [0, 0.05) is 12.4 Å². The van der Waals surface area contributed by atoms with Crippen LogP contribution in [0.5, 0.6) is 5.75 Å². The highest BCUT2D eigenvalue weighted by Crippen LogP contribution is 2.38. The highest BCUT2D eigenvalue weighted by atomic mass is 16.5. The topological polar surface area (TPSA) is 53.1 Å². The smallest absolute Gasteiger partial charge is 0.119 e. The minimum atomic E-state index is -0.0139. The van der Waals surface area contributed by atoms with Gasteiger partial charge in [-0.3, -0.25) is 4.68 Å². The minimum Gasteiger partial charge on any atom is -0.497 e. The van der Waals surface area contributed by atoms with Gasteiger partial charge in [0.05, 0.1) is 19.2 Å². The van der Waals surface area contributed by atoms with Crippen molar-refractivity contribution in [2.75, 3.05) is 7.11 Å². The zero-order valence-corrected chi connectivity index (χ0v) is 9.71. The van der Waals surface area contributed by atoms with Gasteiger partial charge in [0.1, 0.15) is 5.75 Å². The Labute approximate surface area is 100 Å². The lowest BCUT2D eigenvalue weighted by Gasteiger charge is -2.16. The molecule has 88 valence electrons. The fraction of sp³-hybridized carbons (Fsp3) is 0.308. The number of nitrogens with zero attached hydrogens (tertiary/aromatic N) is 2. The van der Waals surface area contributed by atoms with Crippen LogP contribution in [0.15, 0.2) is 36.7 Å². The number of hydrogen-bond donors (Lipinski definition) is 1. The molecule has 0 saturated heterocycles. The third kappa shape index (κ3) is 1.61. The lowest BCUT2D eigenvalue weighted by molar-refractivity contribution is 0.405. The molecule has 2 aromatic rings. The predicted octanol–water partition coefficient (Wildman–Crippen LogP) is 1.69. The van der Waals surface area contributed by atoms with Crippen LogP contribution < -0.4 is 10.5 Å². The Morgan fingerprint density at radius 2 is 2.35 bits per heavy atom. The van der Waals surface area contributed by atoms with Crippen LogP contribution in [0.3, 0.4) is 0 Å². The fourth-order valence-corrected chi connectivity index (χ4v) is 2.49. The molecule has 0 spiro atoms. The maximum Gasteiger partial charge on any atom is 0.119 e. The Kier molecular flexibility index (Phi) is 2.37. The molecule has 0 bridgehead atoms. The molecular weight excluding hydrogens is 214 g/mol. The Balaban J connectivity index is 1.97. The predicted molar refractivity (Wildman–Crippen MR) is 64.9 cm³/mol. The molecule has 0 aliphatic heterocycles. The van der Waals surface area contributed by atoms with Crippen molar-refractivity contribution in [3.8, 4) is 5.75 Å². The summed E-state index contributed by atoms with van der Waals surface area (Å²) < 4.78 is 7.18. The van der Waals surface area contributed by atoms with Gasteiger partial charge in [-0.05, 0) is 35.7 Å². The quantitative estimate of drug-likeness (QED) is 0.852. The van der Waals surface area contributed by atoms with Crippen LogP contribution in [-0.4, -0.2) is 16.9 Å². The zero-order valence-electron chi connectivity index (χ0n) is 9.71. The first-order valence-corrected chi connectivity index (χ1v) is 5.71. The van der Waals surface area contributed by atoms with E-state index in [1.165, 1.54) is 11.1 Å². The Hall–Kier alpha value is -1.81. The first kappa shape index (κ1) is 10.4. The molecule has 3 rings (SSSR count). The standard InChI is InChI=1S/C13H15N3O/c1-17-10-4-3-9-7-12(13(14)11(9)8-10)16-6-2-5-15-16/h2-6,8,12-13H,7,14H2,1H3. The van der Waals surface area contributed by atoms with Gasteiger partial charge in [0.25, 0.3) is 0 Å². The molecule has 0 fully saturated rings. The lowest BCUT2D eigenvalue weighted by atomic mass is 10.1. The van der Waals surface area contributed by atoms with Gasteiger partial charge in [0.15, 0.2) is 0 Å². The van der Waals surface area contributed by atoms with Crippen molar-refractivity contribution in [3.63, 3.8) is 0 Å². The number of hydrogen-bond acceptors (Lipinski definition) is 3. The summed E-state index contributed by atoms with van der Waals surface area (Å²) in [5, 5.41) is 4.28. The summed E-state index contributed by atoms with van der Waals surface area (Å²) in [6.07, 6.45) is 4.69. The monoisotopic (exact) mass is 229 g/mol. The van der Waals surface area contributed by atoms with Crippen molar-refractivity contribution in [3.05, 3.63) is 47.8 Å². The van der Waals surface area contributed by atoms with Crippen molar-refractivity contribution in [2.24, 2.45) is 5.73 Å². The van der Waals surface area contributed by atoms with Crippen LogP contribution in [-0.2, 0) is 6.42 Å². The second-order valence-electron chi connectivity index (χ2n) is 4.35. The Bertz CT molecular complexity index is 521. The molecular formula is C13H15N3O. The third-order valence-corrected chi connectivity index (χ3v) is 3.42. The van der Waals surface area contributed by atoms with Gasteiger partial charge in [-0.25, -0.2) is 0 Å². The van der Waals surface area contributed by atoms with Crippen LogP contribution >= 0.6 is 0 Å². The second kappa shape index (κ2) is 3.89. The molecule has 0 amide bonds. The summed E-state index contributed by atoms with van der Waals surface area (Å²) in [5.41, 5.74) is 8.75. The summed E-state index contributed by atoms with van der Waals surface area (Å²) in [7, 11) is 1.67. The molecule has 1 aliphatic rings. The summed E-state index contributed by atoms with van der Waals surface area (Å²) in [5.74, 6) is 0.861. The van der Waals surface area contributed by atoms with Crippen LogP contribution in [0.2, 0.25) is 0 Å². The molecule has 4 nitrogen and oxygen atoms in total. The molecule has 1 aromatic carbocycles. The molecule has 4 heteroatoms. The van der Waals surface area contributed by atoms with Crippen molar-refractivity contribution >= 4 is 0 Å². The zero-order chi connectivity index (χ0) is 11.8. The average Bonchev–Trinajstić information content (AvgIpc) is 2.97. The molecule has 2 atom stereocenters. The highest BCUT2D eigenvalue weighted by molar-refractivity contribution is 5.42. The first-order valence-electron chi connectivity index (χ1n) is 5.71. The normalized spacial score (nSPS) is 22.5. The van der Waals surface area contributed by atoms with E-state index >= 15 is 0 Å². The number of nitrogens with two attached hydrogens (primary N) is 1. The van der Waals surface area contributed by atoms with E-state index in [4.69, 9.17) is 10.5 Å². The molecule has 1 aromatic heterocycles. The van der Waals surface area contributed by atoms with E-state index in [1.807, 2.05) is 29.1 Å². The van der Waals surface area contributed by atoms with E-state index in [1.54, 1.807) is 13.3 Å². The van der Waals surface area contributed by atoms with E-state index in [0.717, 1.165) is 12.2 Å². The number of methoxy groups -OCH3 is 1. The second-order valence-corrected chi connectivity index (χ2v) is 4.35. The van der Waals surface area contributed by atoms with Crippen molar-refractivity contribution < 1.29 is 4.74 Å². The highest BCUT2D eigenvalue weighted by Gasteiger charge is 2.31. The Morgan fingerprint density at radius 1 is 1.47 bits per heavy atom. The van der Waals surface area contributed by atoms with Gasteiger partial charge in [0.2, 0.25) is 0 Å². The van der Waals surface area contributed by atoms with Gasteiger partial charge >= 0.3 is 0 Å². The van der Waals surface area contributed by atoms with Crippen molar-refractivity contribution in [1.29, 1.82) is 0 Å². The van der Waals surface area contributed by atoms with Gasteiger partial charge in [-0.2, -0.15) is 5.10 Å². The number of fused-ring (bicyclic) bond motifs is 1. The minimum absolute atomic E-state index is 0.0139. The summed E-state index contributed by atoms with van der Waals surface area (Å²) in [4.78, 5) is 0. The van der Waals surface area contributed by atoms with Crippen LogP contribution in [0.1, 0.15) is 23.2 Å². The number of benzene rings is 1. The van der Waals surface area contributed by atoms with Gasteiger partial charge < -0.3 is 10.5 Å². The first-order chi connectivity index (χ1) is 8.29. The lowest BCUT2D eigenvalue weighted by Crippen LogP contribution is -2.21. The molecule has 0 saturated carbocycles. The number of rotatable bonds is 2. The van der Waals surface area contributed by atoms with Crippen molar-refractivity contribution in [2.45, 2.75) is 18.5 Å². The van der Waals surface area contributed by atoms with E-state index < -0.39 is 0 Å². The number of aromatic nitrogens is 2. The van der Waals surface area contributed by atoms with Crippen LogP contribution in [0.25, 0.3) is 0 Å². The van der Waals surface area contributed by atoms with Crippen LogP contribution in [0, 0.1) is 0 Å². The number of ether oxygens (including phenoxy) is 1. The fourth-order valence-electron chi connectivity index (χ4n) is 2.49. The average molecular weight is 229 g/mol. The van der Waals surface area contributed by atoms with E-state index in [2.05, 4.69) is 11.2 Å². The molecule has 17 heavy (non-hydrogen) atoms. The third-order valence-electron chi connectivity index (χ3n) is 3.42. The van der Waals surface area contributed by atoms with E-state index in [-0.39, 0.29) is 12.1 Å². The van der Waals surface area contributed by atoms with Crippen molar-refractivity contribution in [1.82, 2.24) is 9.78 Å². The molecule has 1 heterocycles. The van der Waals surface area contributed by atoms with Gasteiger partial charge in [-0.1, -0.05) is 6.07 Å². The van der Waals surface area contributed by atoms with Crippen LogP contribution in [0.4, 0.5) is 0 Å². The van der Waals surface area contributed by atoms with E-state index in [0.29, 0.717) is 0 Å². The SMILES string of the molecule is COc1ccc2c(c1)C(N)C(n1cccn1)C2. The summed E-state index contributed by atoms with van der Waals surface area (Å²) in [6, 6.07) is 8.24. The Morgan fingerprint density at radius 3 is 3.06 bits per heavy atom. The molecule has 0 radical (unpaired) electrons. The maximum absolute atomic E-state index is 6.29. The van der Waals surface area contributed by atoms with E-state index in [9.17, 15) is 0 Å². The van der Waals surface area contributed by atoms with Gasteiger partial charge in [-0.15, -0.1) is 0 Å². The molecule has 2 N–H and O–H groups in total. The maximum atomic E-state index is 6.29.